The molecule has 0 unspecified atom stereocenters. The van der Waals surface area contributed by atoms with Gasteiger partial charge >= 0.3 is 0 Å². The van der Waals surface area contributed by atoms with Crippen LogP contribution in [0.1, 0.15) is 5.56 Å². The largest absolute Gasteiger partial charge is 0.457 e. The fourth-order valence-electron chi connectivity index (χ4n) is 1.67. The molecule has 2 aromatic carbocycles. The van der Waals surface area contributed by atoms with E-state index in [0.29, 0.717) is 17.0 Å². The lowest BCUT2D eigenvalue weighted by Crippen LogP contribution is -2.08. The van der Waals surface area contributed by atoms with Gasteiger partial charge in [0.25, 0.3) is 0 Å². The van der Waals surface area contributed by atoms with Crippen LogP contribution in [0.2, 0.25) is 0 Å². The number of anilines is 2. The van der Waals surface area contributed by atoms with Gasteiger partial charge in [-0.1, -0.05) is 6.07 Å². The maximum absolute atomic E-state index is 8.82. The summed E-state index contributed by atoms with van der Waals surface area (Å²) in [6.07, 6.45) is 0. The van der Waals surface area contributed by atoms with Crippen molar-refractivity contribution in [2.45, 2.75) is 0 Å². The zero-order valence-corrected chi connectivity index (χ0v) is 10.9. The van der Waals surface area contributed by atoms with Crippen molar-refractivity contribution in [1.82, 2.24) is 0 Å². The van der Waals surface area contributed by atoms with Gasteiger partial charge in [0.1, 0.15) is 17.6 Å². The molecule has 0 radical (unpaired) electrons. The molecule has 0 fully saturated rings. The number of rotatable bonds is 3. The Kier molecular flexibility index (Phi) is 3.58. The number of nitriles is 1. The van der Waals surface area contributed by atoms with E-state index in [9.17, 15) is 0 Å². The number of benzene rings is 2. The van der Waals surface area contributed by atoms with Crippen LogP contribution in [-0.4, -0.2) is 14.1 Å². The predicted octanol–water partition coefficient (Wildman–Crippen LogP) is 3.00. The molecule has 4 nitrogen and oxygen atoms in total. The first-order chi connectivity index (χ1) is 9.10. The fraction of sp³-hybridized carbons (Fsp3) is 0.133. The highest BCUT2D eigenvalue weighted by atomic mass is 16.5. The SMILES string of the molecule is CN(C)c1cccc(Oc2ccc(C#N)c(N)c2)c1. The Hall–Kier alpha value is -2.67. The Morgan fingerprint density at radius 3 is 2.47 bits per heavy atom. The van der Waals surface area contributed by atoms with E-state index in [1.807, 2.05) is 49.3 Å². The summed E-state index contributed by atoms with van der Waals surface area (Å²) in [4.78, 5) is 2.00. The maximum atomic E-state index is 8.82. The van der Waals surface area contributed by atoms with Crippen LogP contribution in [0.15, 0.2) is 42.5 Å². The summed E-state index contributed by atoms with van der Waals surface area (Å²) in [6, 6.07) is 14.8. The number of hydrogen-bond acceptors (Lipinski definition) is 4. The molecule has 0 saturated carbocycles. The van der Waals surface area contributed by atoms with Crippen molar-refractivity contribution >= 4 is 11.4 Å². The Bertz CT molecular complexity index is 630. The lowest BCUT2D eigenvalue weighted by molar-refractivity contribution is 0.483. The third-order valence-corrected chi connectivity index (χ3v) is 2.71. The summed E-state index contributed by atoms with van der Waals surface area (Å²) < 4.78 is 5.73. The molecule has 2 N–H and O–H groups in total. The molecule has 0 aliphatic rings. The Morgan fingerprint density at radius 1 is 1.11 bits per heavy atom. The van der Waals surface area contributed by atoms with Crippen molar-refractivity contribution in [3.63, 3.8) is 0 Å². The monoisotopic (exact) mass is 253 g/mol. The molecule has 0 bridgehead atoms. The quantitative estimate of drug-likeness (QED) is 0.854. The maximum Gasteiger partial charge on any atom is 0.129 e. The molecule has 2 rings (SSSR count). The van der Waals surface area contributed by atoms with Crippen molar-refractivity contribution < 1.29 is 4.74 Å². The average molecular weight is 253 g/mol. The summed E-state index contributed by atoms with van der Waals surface area (Å²) in [5.74, 6) is 1.35. The van der Waals surface area contributed by atoms with Gasteiger partial charge < -0.3 is 15.4 Å². The van der Waals surface area contributed by atoms with E-state index in [4.69, 9.17) is 15.7 Å². The van der Waals surface area contributed by atoms with Gasteiger partial charge in [-0.05, 0) is 24.3 Å². The molecule has 0 aliphatic carbocycles. The summed E-state index contributed by atoms with van der Waals surface area (Å²) in [6.45, 7) is 0. The zero-order valence-electron chi connectivity index (χ0n) is 10.9. The van der Waals surface area contributed by atoms with Gasteiger partial charge in [-0.25, -0.2) is 0 Å². The van der Waals surface area contributed by atoms with E-state index in [2.05, 4.69) is 0 Å². The minimum absolute atomic E-state index is 0.420. The van der Waals surface area contributed by atoms with Crippen LogP contribution in [0, 0.1) is 11.3 Å². The van der Waals surface area contributed by atoms with Gasteiger partial charge in [-0.15, -0.1) is 0 Å². The van der Waals surface area contributed by atoms with E-state index in [0.717, 1.165) is 11.4 Å². The summed E-state index contributed by atoms with van der Waals surface area (Å²) in [7, 11) is 3.94. The number of hydrogen-bond donors (Lipinski definition) is 1. The molecular weight excluding hydrogens is 238 g/mol. The molecule has 2 aromatic rings. The Morgan fingerprint density at radius 2 is 1.84 bits per heavy atom. The van der Waals surface area contributed by atoms with Crippen LogP contribution >= 0.6 is 0 Å². The average Bonchev–Trinajstić information content (AvgIpc) is 2.39. The van der Waals surface area contributed by atoms with Crippen LogP contribution in [0.5, 0.6) is 11.5 Å². The molecular formula is C15H15N3O. The second kappa shape index (κ2) is 5.32. The molecule has 96 valence electrons. The van der Waals surface area contributed by atoms with E-state index < -0.39 is 0 Å². The van der Waals surface area contributed by atoms with Gasteiger partial charge in [0.15, 0.2) is 0 Å². The molecule has 0 aliphatic heterocycles. The van der Waals surface area contributed by atoms with Gasteiger partial charge in [-0.2, -0.15) is 5.26 Å². The molecule has 0 saturated heterocycles. The number of nitrogens with zero attached hydrogens (tertiary/aromatic N) is 2. The fourth-order valence-corrected chi connectivity index (χ4v) is 1.67. The highest BCUT2D eigenvalue weighted by Gasteiger charge is 2.03. The van der Waals surface area contributed by atoms with Crippen molar-refractivity contribution in [3.8, 4) is 17.6 Å². The topological polar surface area (TPSA) is 62.3 Å². The molecule has 0 atom stereocenters. The van der Waals surface area contributed by atoms with Crippen LogP contribution in [0.4, 0.5) is 11.4 Å². The third kappa shape index (κ3) is 2.96. The summed E-state index contributed by atoms with van der Waals surface area (Å²) in [5, 5.41) is 8.82. The second-order valence-electron chi connectivity index (χ2n) is 4.35. The molecule has 0 spiro atoms. The van der Waals surface area contributed by atoms with Crippen LogP contribution in [-0.2, 0) is 0 Å². The van der Waals surface area contributed by atoms with E-state index >= 15 is 0 Å². The first-order valence-electron chi connectivity index (χ1n) is 5.85. The normalized spacial score (nSPS) is 9.74. The Balaban J connectivity index is 2.24. The van der Waals surface area contributed by atoms with E-state index in [1.54, 1.807) is 18.2 Å². The zero-order chi connectivity index (χ0) is 13.8. The first kappa shape index (κ1) is 12.8. The number of ether oxygens (including phenoxy) is 1. The number of nitrogen functional groups attached to an aromatic ring is 1. The summed E-state index contributed by atoms with van der Waals surface area (Å²) >= 11 is 0. The van der Waals surface area contributed by atoms with Crippen molar-refractivity contribution in [2.24, 2.45) is 0 Å². The van der Waals surface area contributed by atoms with Gasteiger partial charge in [0.2, 0.25) is 0 Å². The second-order valence-corrected chi connectivity index (χ2v) is 4.35. The van der Waals surface area contributed by atoms with E-state index in [1.165, 1.54) is 0 Å². The highest BCUT2D eigenvalue weighted by molar-refractivity contribution is 5.58. The standard InChI is InChI=1S/C15H15N3O/c1-18(2)12-4-3-5-13(8-12)19-14-7-6-11(10-16)15(17)9-14/h3-9H,17H2,1-2H3. The van der Waals surface area contributed by atoms with Gasteiger partial charge in [0.05, 0.1) is 11.3 Å². The van der Waals surface area contributed by atoms with Crippen molar-refractivity contribution in [1.29, 1.82) is 5.26 Å². The lowest BCUT2D eigenvalue weighted by Gasteiger charge is -2.14. The molecule has 0 amide bonds. The molecule has 0 aromatic heterocycles. The smallest absolute Gasteiger partial charge is 0.129 e. The minimum atomic E-state index is 0.420. The third-order valence-electron chi connectivity index (χ3n) is 2.71. The number of nitrogens with two attached hydrogens (primary N) is 1. The molecule has 4 heteroatoms. The van der Waals surface area contributed by atoms with Gasteiger partial charge in [0, 0.05) is 31.9 Å². The van der Waals surface area contributed by atoms with Crippen LogP contribution in [0.3, 0.4) is 0 Å². The summed E-state index contributed by atoms with van der Waals surface area (Å²) in [5.41, 5.74) is 7.68. The van der Waals surface area contributed by atoms with Crippen LogP contribution in [0.25, 0.3) is 0 Å². The van der Waals surface area contributed by atoms with Crippen LogP contribution < -0.4 is 15.4 Å². The van der Waals surface area contributed by atoms with Crippen molar-refractivity contribution in [2.75, 3.05) is 24.7 Å². The first-order valence-corrected chi connectivity index (χ1v) is 5.85. The lowest BCUT2D eigenvalue weighted by atomic mass is 10.2. The minimum Gasteiger partial charge on any atom is -0.457 e. The molecule has 0 heterocycles. The van der Waals surface area contributed by atoms with Crippen molar-refractivity contribution in [3.05, 3.63) is 48.0 Å². The Labute approximate surface area is 112 Å². The van der Waals surface area contributed by atoms with E-state index in [-0.39, 0.29) is 0 Å². The molecule has 19 heavy (non-hydrogen) atoms. The van der Waals surface area contributed by atoms with Gasteiger partial charge in [-0.3, -0.25) is 0 Å². The predicted molar refractivity (Wildman–Crippen MR) is 76.4 cm³/mol. The highest BCUT2D eigenvalue weighted by Crippen LogP contribution is 2.27.